The van der Waals surface area contributed by atoms with Gasteiger partial charge in [0.05, 0.1) is 10.7 Å². The maximum atomic E-state index is 13.1. The molecule has 0 fully saturated rings. The highest BCUT2D eigenvalue weighted by Gasteiger charge is 2.03. The number of pyridine rings is 1. The van der Waals surface area contributed by atoms with Crippen molar-refractivity contribution in [3.05, 3.63) is 57.0 Å². The van der Waals surface area contributed by atoms with Crippen molar-refractivity contribution in [1.29, 1.82) is 0 Å². The van der Waals surface area contributed by atoms with Crippen molar-refractivity contribution in [2.45, 2.75) is 13.5 Å². The molecular formula is C13H11BrClFN2. The summed E-state index contributed by atoms with van der Waals surface area (Å²) in [5, 5.41) is 3.77. The molecule has 0 spiro atoms. The summed E-state index contributed by atoms with van der Waals surface area (Å²) in [6.45, 7) is 2.33. The van der Waals surface area contributed by atoms with Gasteiger partial charge in [-0.15, -0.1) is 0 Å². The average molecular weight is 330 g/mol. The average Bonchev–Trinajstić information content (AvgIpc) is 2.34. The molecule has 1 aromatic carbocycles. The Morgan fingerprint density at radius 2 is 2.17 bits per heavy atom. The number of anilines is 1. The zero-order valence-corrected chi connectivity index (χ0v) is 12.0. The molecule has 1 aromatic heterocycles. The molecule has 5 heteroatoms. The molecule has 0 aliphatic rings. The largest absolute Gasteiger partial charge is 0.379 e. The van der Waals surface area contributed by atoms with Crippen molar-refractivity contribution in [2.75, 3.05) is 5.32 Å². The molecule has 94 valence electrons. The Morgan fingerprint density at radius 1 is 1.39 bits per heavy atom. The van der Waals surface area contributed by atoms with Crippen LogP contribution in [-0.2, 0) is 6.54 Å². The quantitative estimate of drug-likeness (QED) is 0.835. The van der Waals surface area contributed by atoms with E-state index >= 15 is 0 Å². The second kappa shape index (κ2) is 5.67. The van der Waals surface area contributed by atoms with Gasteiger partial charge in [-0.25, -0.2) is 9.37 Å². The molecule has 0 bridgehead atoms. The van der Waals surface area contributed by atoms with E-state index in [1.807, 2.05) is 6.07 Å². The third kappa shape index (κ3) is 3.21. The lowest BCUT2D eigenvalue weighted by molar-refractivity contribution is 0.617. The van der Waals surface area contributed by atoms with Crippen LogP contribution in [0.4, 0.5) is 10.1 Å². The van der Waals surface area contributed by atoms with Gasteiger partial charge in [0, 0.05) is 12.7 Å². The lowest BCUT2D eigenvalue weighted by Crippen LogP contribution is -2.01. The number of aromatic nitrogens is 1. The van der Waals surface area contributed by atoms with E-state index in [9.17, 15) is 4.39 Å². The van der Waals surface area contributed by atoms with E-state index < -0.39 is 0 Å². The van der Waals surface area contributed by atoms with E-state index in [4.69, 9.17) is 11.6 Å². The number of nitrogens with zero attached hydrogens (tertiary/aromatic N) is 1. The van der Waals surface area contributed by atoms with Crippen LogP contribution in [0, 0.1) is 12.7 Å². The van der Waals surface area contributed by atoms with Crippen molar-refractivity contribution < 1.29 is 4.39 Å². The Labute approximate surface area is 118 Å². The first-order chi connectivity index (χ1) is 8.56. The second-order valence-corrected chi connectivity index (χ2v) is 5.12. The molecule has 1 heterocycles. The number of aryl methyl sites for hydroxylation is 1. The summed E-state index contributed by atoms with van der Waals surface area (Å²) in [5.74, 6) is -0.190. The monoisotopic (exact) mass is 328 g/mol. The molecule has 0 saturated carbocycles. The standard InChI is InChI=1S/C13H11BrClFN2/c1-8-4-9(2-3-11(8)16)6-17-12-5-10(15)7-18-13(12)14/h2-5,7,17H,6H2,1H3. The summed E-state index contributed by atoms with van der Waals surface area (Å²) in [7, 11) is 0. The van der Waals surface area contributed by atoms with Crippen molar-refractivity contribution in [1.82, 2.24) is 4.98 Å². The highest BCUT2D eigenvalue weighted by atomic mass is 79.9. The summed E-state index contributed by atoms with van der Waals surface area (Å²) >= 11 is 9.21. The summed E-state index contributed by atoms with van der Waals surface area (Å²) in [4.78, 5) is 4.08. The van der Waals surface area contributed by atoms with E-state index in [-0.39, 0.29) is 5.82 Å². The fourth-order valence-corrected chi connectivity index (χ4v) is 2.08. The Morgan fingerprint density at radius 3 is 2.89 bits per heavy atom. The highest BCUT2D eigenvalue weighted by molar-refractivity contribution is 9.10. The van der Waals surface area contributed by atoms with Gasteiger partial charge >= 0.3 is 0 Å². The van der Waals surface area contributed by atoms with Crippen molar-refractivity contribution >= 4 is 33.2 Å². The van der Waals surface area contributed by atoms with Gasteiger partial charge in [0.25, 0.3) is 0 Å². The van der Waals surface area contributed by atoms with E-state index in [2.05, 4.69) is 26.2 Å². The van der Waals surface area contributed by atoms with Crippen LogP contribution in [0.1, 0.15) is 11.1 Å². The molecule has 0 radical (unpaired) electrons. The fraction of sp³-hybridized carbons (Fsp3) is 0.154. The van der Waals surface area contributed by atoms with Crippen LogP contribution in [0.5, 0.6) is 0 Å². The minimum Gasteiger partial charge on any atom is -0.379 e. The first-order valence-corrected chi connectivity index (χ1v) is 6.53. The van der Waals surface area contributed by atoms with Gasteiger partial charge < -0.3 is 5.32 Å². The highest BCUT2D eigenvalue weighted by Crippen LogP contribution is 2.23. The van der Waals surface area contributed by atoms with Crippen molar-refractivity contribution in [2.24, 2.45) is 0 Å². The van der Waals surface area contributed by atoms with Gasteiger partial charge in [-0.2, -0.15) is 0 Å². The molecule has 0 aliphatic heterocycles. The first kappa shape index (κ1) is 13.3. The maximum Gasteiger partial charge on any atom is 0.129 e. The summed E-state index contributed by atoms with van der Waals surface area (Å²) in [6, 6.07) is 6.82. The van der Waals surface area contributed by atoms with Gasteiger partial charge in [-0.1, -0.05) is 23.7 Å². The Balaban J connectivity index is 2.11. The normalized spacial score (nSPS) is 10.4. The molecule has 0 unspecified atom stereocenters. The van der Waals surface area contributed by atoms with Crippen LogP contribution >= 0.6 is 27.5 Å². The number of benzene rings is 1. The molecule has 18 heavy (non-hydrogen) atoms. The van der Waals surface area contributed by atoms with E-state index in [0.717, 1.165) is 11.3 Å². The molecule has 1 N–H and O–H groups in total. The van der Waals surface area contributed by atoms with Crippen LogP contribution in [0.3, 0.4) is 0 Å². The van der Waals surface area contributed by atoms with E-state index in [0.29, 0.717) is 21.7 Å². The van der Waals surface area contributed by atoms with Crippen LogP contribution in [0.2, 0.25) is 5.02 Å². The number of nitrogens with one attached hydrogen (secondary N) is 1. The lowest BCUT2D eigenvalue weighted by Gasteiger charge is -2.09. The summed E-state index contributed by atoms with van der Waals surface area (Å²) in [6.07, 6.45) is 1.57. The van der Waals surface area contributed by atoms with Gasteiger partial charge in [0.15, 0.2) is 0 Å². The zero-order chi connectivity index (χ0) is 13.1. The van der Waals surface area contributed by atoms with Crippen LogP contribution < -0.4 is 5.32 Å². The van der Waals surface area contributed by atoms with Gasteiger partial charge in [0.2, 0.25) is 0 Å². The summed E-state index contributed by atoms with van der Waals surface area (Å²) < 4.78 is 13.8. The first-order valence-electron chi connectivity index (χ1n) is 5.36. The Bertz CT molecular complexity index is 575. The fourth-order valence-electron chi connectivity index (χ4n) is 1.56. The lowest BCUT2D eigenvalue weighted by atomic mass is 10.1. The SMILES string of the molecule is Cc1cc(CNc2cc(Cl)cnc2Br)ccc1F. The third-order valence-corrected chi connectivity index (χ3v) is 3.35. The van der Waals surface area contributed by atoms with Crippen LogP contribution in [-0.4, -0.2) is 4.98 Å². The molecule has 0 aliphatic carbocycles. The number of hydrogen-bond acceptors (Lipinski definition) is 2. The minimum absolute atomic E-state index is 0.190. The molecule has 0 saturated heterocycles. The molecule has 0 atom stereocenters. The van der Waals surface area contributed by atoms with Gasteiger partial charge in [-0.05, 0) is 46.1 Å². The number of hydrogen-bond donors (Lipinski definition) is 1. The maximum absolute atomic E-state index is 13.1. The smallest absolute Gasteiger partial charge is 0.129 e. The molecular weight excluding hydrogens is 319 g/mol. The third-order valence-electron chi connectivity index (χ3n) is 2.51. The molecule has 2 aromatic rings. The predicted octanol–water partition coefficient (Wildman–Crippen LogP) is 4.56. The minimum atomic E-state index is -0.190. The van der Waals surface area contributed by atoms with Gasteiger partial charge in [0.1, 0.15) is 10.4 Å². The Hall–Kier alpha value is -1.13. The Kier molecular flexibility index (Phi) is 4.19. The van der Waals surface area contributed by atoms with Crippen LogP contribution in [0.25, 0.3) is 0 Å². The van der Waals surface area contributed by atoms with E-state index in [1.165, 1.54) is 6.07 Å². The van der Waals surface area contributed by atoms with Gasteiger partial charge in [-0.3, -0.25) is 0 Å². The number of halogens is 3. The number of rotatable bonds is 3. The zero-order valence-electron chi connectivity index (χ0n) is 9.67. The topological polar surface area (TPSA) is 24.9 Å². The van der Waals surface area contributed by atoms with Crippen molar-refractivity contribution in [3.63, 3.8) is 0 Å². The molecule has 2 nitrogen and oxygen atoms in total. The van der Waals surface area contributed by atoms with E-state index in [1.54, 1.807) is 25.3 Å². The summed E-state index contributed by atoms with van der Waals surface area (Å²) in [5.41, 5.74) is 2.45. The molecule has 2 rings (SSSR count). The predicted molar refractivity (Wildman–Crippen MR) is 75.4 cm³/mol. The van der Waals surface area contributed by atoms with Crippen LogP contribution in [0.15, 0.2) is 35.1 Å². The molecule has 0 amide bonds. The second-order valence-electron chi connectivity index (χ2n) is 3.93. The van der Waals surface area contributed by atoms with Crippen molar-refractivity contribution in [3.8, 4) is 0 Å².